The molecule has 3 amide bonds. The summed E-state index contributed by atoms with van der Waals surface area (Å²) >= 11 is 0. The standard InChI is InChI=1S/C19H28BN3O4.C5H13N/c1-12(2)16(23-18(27)19(3,4)11-24)17(26)21-10-15(25)22-14-7-5-13(9-20)6-8-14;1-5(2)3-4-6/h5-8,12,16,24H,9-11H2,1-4H3,(H,21,26)(H,22,25)(H,23,27);5H,3-4,6H2,1-2H3. The first-order chi connectivity index (χ1) is 15.4. The van der Waals surface area contributed by atoms with Gasteiger partial charge in [-0.25, -0.2) is 0 Å². The van der Waals surface area contributed by atoms with Gasteiger partial charge in [0, 0.05) is 5.69 Å². The molecule has 0 fully saturated rings. The van der Waals surface area contributed by atoms with Gasteiger partial charge in [-0.15, -0.1) is 0 Å². The van der Waals surface area contributed by atoms with E-state index in [1.807, 2.05) is 0 Å². The molecule has 6 N–H and O–H groups in total. The van der Waals surface area contributed by atoms with Crippen LogP contribution in [0.25, 0.3) is 0 Å². The maximum absolute atomic E-state index is 12.4. The molecular formula is C24H41BN4O4. The molecule has 8 nitrogen and oxygen atoms in total. The van der Waals surface area contributed by atoms with Gasteiger partial charge in [0.1, 0.15) is 6.04 Å². The Morgan fingerprint density at radius 3 is 2.06 bits per heavy atom. The second kappa shape index (κ2) is 15.5. The fourth-order valence-corrected chi connectivity index (χ4v) is 2.48. The third kappa shape index (κ3) is 12.4. The molecule has 0 saturated carbocycles. The van der Waals surface area contributed by atoms with E-state index in [1.165, 1.54) is 0 Å². The number of hydrogen-bond acceptors (Lipinski definition) is 5. The van der Waals surface area contributed by atoms with Crippen molar-refractivity contribution in [3.8, 4) is 0 Å². The van der Waals surface area contributed by atoms with Crippen molar-refractivity contribution in [2.75, 3.05) is 25.0 Å². The van der Waals surface area contributed by atoms with Gasteiger partial charge in [-0.05, 0) is 50.8 Å². The number of nitrogens with two attached hydrogens (primary N) is 1. The Bertz CT molecular complexity index is 736. The van der Waals surface area contributed by atoms with Crippen molar-refractivity contribution in [1.29, 1.82) is 0 Å². The van der Waals surface area contributed by atoms with Crippen LogP contribution in [0.5, 0.6) is 0 Å². The first kappa shape index (κ1) is 30.6. The van der Waals surface area contributed by atoms with Crippen molar-refractivity contribution in [3.63, 3.8) is 0 Å². The van der Waals surface area contributed by atoms with E-state index in [1.54, 1.807) is 52.0 Å². The van der Waals surface area contributed by atoms with Gasteiger partial charge < -0.3 is 26.8 Å². The molecule has 1 rings (SSSR count). The Morgan fingerprint density at radius 2 is 1.67 bits per heavy atom. The summed E-state index contributed by atoms with van der Waals surface area (Å²) in [6.45, 7) is 11.4. The maximum Gasteiger partial charge on any atom is 0.243 e. The highest BCUT2D eigenvalue weighted by Gasteiger charge is 2.32. The number of carbonyl (C=O) groups is 3. The third-order valence-corrected chi connectivity index (χ3v) is 4.89. The number of anilines is 1. The molecule has 0 aromatic heterocycles. The van der Waals surface area contributed by atoms with Crippen LogP contribution in [0, 0.1) is 17.3 Å². The predicted molar refractivity (Wildman–Crippen MR) is 134 cm³/mol. The molecule has 0 spiro atoms. The number of carbonyl (C=O) groups excluding carboxylic acids is 3. The molecule has 2 radical (unpaired) electrons. The van der Waals surface area contributed by atoms with Crippen molar-refractivity contribution in [2.45, 2.75) is 60.3 Å². The summed E-state index contributed by atoms with van der Waals surface area (Å²) in [4.78, 5) is 36.6. The molecule has 1 aromatic rings. The van der Waals surface area contributed by atoms with Crippen LogP contribution in [0.15, 0.2) is 24.3 Å². The molecule has 184 valence electrons. The van der Waals surface area contributed by atoms with Gasteiger partial charge in [0.05, 0.1) is 26.4 Å². The summed E-state index contributed by atoms with van der Waals surface area (Å²) in [5.74, 6) is -0.678. The minimum atomic E-state index is -1.000. The fourth-order valence-electron chi connectivity index (χ4n) is 2.48. The second-order valence-corrected chi connectivity index (χ2v) is 9.38. The van der Waals surface area contributed by atoms with Crippen molar-refractivity contribution in [1.82, 2.24) is 10.6 Å². The lowest BCUT2D eigenvalue weighted by molar-refractivity contribution is -0.136. The zero-order valence-electron chi connectivity index (χ0n) is 20.9. The SMILES string of the molecule is CC(C)CCN.[B]Cc1ccc(NC(=O)CNC(=O)C(NC(=O)C(C)(C)CO)C(C)C)cc1. The zero-order chi connectivity index (χ0) is 25.6. The van der Waals surface area contributed by atoms with Gasteiger partial charge in [-0.3, -0.25) is 14.4 Å². The van der Waals surface area contributed by atoms with Crippen LogP contribution < -0.4 is 21.7 Å². The summed E-state index contributed by atoms with van der Waals surface area (Å²) in [7, 11) is 5.53. The molecule has 0 heterocycles. The highest BCUT2D eigenvalue weighted by atomic mass is 16.3. The molecule has 1 atom stereocenters. The highest BCUT2D eigenvalue weighted by molar-refractivity contribution is 6.08. The molecule has 0 aliphatic heterocycles. The van der Waals surface area contributed by atoms with Crippen LogP contribution in [0.2, 0.25) is 0 Å². The zero-order valence-corrected chi connectivity index (χ0v) is 20.9. The van der Waals surface area contributed by atoms with Crippen LogP contribution >= 0.6 is 0 Å². The van der Waals surface area contributed by atoms with E-state index in [4.69, 9.17) is 13.6 Å². The van der Waals surface area contributed by atoms with E-state index >= 15 is 0 Å². The molecule has 1 unspecified atom stereocenters. The average molecular weight is 460 g/mol. The number of hydrogen-bond donors (Lipinski definition) is 5. The van der Waals surface area contributed by atoms with Crippen molar-refractivity contribution in [3.05, 3.63) is 29.8 Å². The van der Waals surface area contributed by atoms with Gasteiger partial charge >= 0.3 is 0 Å². The number of aliphatic hydroxyl groups excluding tert-OH is 1. The summed E-state index contributed by atoms with van der Waals surface area (Å²) in [6.07, 6.45) is 1.57. The molecule has 0 bridgehead atoms. The monoisotopic (exact) mass is 460 g/mol. The van der Waals surface area contributed by atoms with Crippen LogP contribution in [0.4, 0.5) is 5.69 Å². The maximum atomic E-state index is 12.4. The number of nitrogens with one attached hydrogen (secondary N) is 3. The summed E-state index contributed by atoms with van der Waals surface area (Å²) < 4.78 is 0. The molecule has 1 aromatic carbocycles. The predicted octanol–water partition coefficient (Wildman–Crippen LogP) is 1.56. The summed E-state index contributed by atoms with van der Waals surface area (Å²) in [5.41, 5.74) is 5.78. The van der Waals surface area contributed by atoms with E-state index in [2.05, 4.69) is 29.8 Å². The second-order valence-electron chi connectivity index (χ2n) is 9.38. The van der Waals surface area contributed by atoms with Crippen LogP contribution in [0.3, 0.4) is 0 Å². The average Bonchev–Trinajstić information content (AvgIpc) is 2.76. The van der Waals surface area contributed by atoms with E-state index in [0.717, 1.165) is 24.4 Å². The number of rotatable bonds is 11. The summed E-state index contributed by atoms with van der Waals surface area (Å²) in [6, 6.07) is 6.27. The van der Waals surface area contributed by atoms with E-state index in [9.17, 15) is 19.5 Å². The molecule has 9 heteroatoms. The Morgan fingerprint density at radius 1 is 1.09 bits per heavy atom. The molecular weight excluding hydrogens is 419 g/mol. The third-order valence-electron chi connectivity index (χ3n) is 4.89. The van der Waals surface area contributed by atoms with Crippen molar-refractivity contribution >= 4 is 31.3 Å². The smallest absolute Gasteiger partial charge is 0.243 e. The van der Waals surface area contributed by atoms with Crippen molar-refractivity contribution in [2.24, 2.45) is 23.0 Å². The van der Waals surface area contributed by atoms with Crippen LogP contribution in [0.1, 0.15) is 53.5 Å². The first-order valence-corrected chi connectivity index (χ1v) is 11.4. The van der Waals surface area contributed by atoms with Crippen LogP contribution in [-0.2, 0) is 20.7 Å². The Hall–Kier alpha value is -2.39. The molecule has 33 heavy (non-hydrogen) atoms. The molecule has 0 saturated heterocycles. The minimum absolute atomic E-state index is 0.185. The fraction of sp³-hybridized carbons (Fsp3) is 0.625. The lowest BCUT2D eigenvalue weighted by Gasteiger charge is -2.27. The van der Waals surface area contributed by atoms with E-state index in [-0.39, 0.29) is 25.0 Å². The van der Waals surface area contributed by atoms with Gasteiger partial charge in [0.25, 0.3) is 0 Å². The molecule has 0 aliphatic carbocycles. The van der Waals surface area contributed by atoms with Gasteiger partial charge in [-0.2, -0.15) is 0 Å². The molecule has 0 aliphatic rings. The van der Waals surface area contributed by atoms with E-state index < -0.39 is 23.3 Å². The Balaban J connectivity index is 0.00000150. The Kier molecular flexibility index (Phi) is 14.3. The number of amides is 3. The number of benzene rings is 1. The topological polar surface area (TPSA) is 134 Å². The minimum Gasteiger partial charge on any atom is -0.395 e. The van der Waals surface area contributed by atoms with Crippen molar-refractivity contribution < 1.29 is 19.5 Å². The lowest BCUT2D eigenvalue weighted by Crippen LogP contribution is -2.54. The Labute approximate surface area is 199 Å². The summed E-state index contributed by atoms with van der Waals surface area (Å²) in [5, 5.41) is 17.1. The first-order valence-electron chi connectivity index (χ1n) is 11.4. The van der Waals surface area contributed by atoms with Gasteiger partial charge in [0.2, 0.25) is 17.7 Å². The largest absolute Gasteiger partial charge is 0.395 e. The lowest BCUT2D eigenvalue weighted by atomic mass is 9.92. The number of aliphatic hydroxyl groups is 1. The van der Waals surface area contributed by atoms with Crippen LogP contribution in [-0.4, -0.2) is 56.4 Å². The normalized spacial score (nSPS) is 11.9. The highest BCUT2D eigenvalue weighted by Crippen LogP contribution is 2.15. The quantitative estimate of drug-likeness (QED) is 0.320. The van der Waals surface area contributed by atoms with E-state index in [0.29, 0.717) is 12.0 Å². The van der Waals surface area contributed by atoms with Gasteiger partial charge in [-0.1, -0.05) is 51.7 Å². The van der Waals surface area contributed by atoms with Gasteiger partial charge in [0.15, 0.2) is 0 Å².